The van der Waals surface area contributed by atoms with E-state index in [0.29, 0.717) is 24.7 Å². The van der Waals surface area contributed by atoms with E-state index in [1.165, 1.54) is 6.20 Å². The van der Waals surface area contributed by atoms with Gasteiger partial charge in [-0.3, -0.25) is 0 Å². The molecule has 5 nitrogen and oxygen atoms in total. The number of sulfonamides is 1. The molecule has 1 saturated carbocycles. The van der Waals surface area contributed by atoms with Gasteiger partial charge in [0.1, 0.15) is 5.82 Å². The van der Waals surface area contributed by atoms with Crippen molar-refractivity contribution in [1.29, 1.82) is 0 Å². The van der Waals surface area contributed by atoms with Crippen LogP contribution >= 0.6 is 0 Å². The van der Waals surface area contributed by atoms with Crippen LogP contribution in [-0.2, 0) is 16.4 Å². The molecule has 2 rings (SSSR count). The van der Waals surface area contributed by atoms with Gasteiger partial charge < -0.3 is 4.98 Å². The van der Waals surface area contributed by atoms with Crippen molar-refractivity contribution in [3.05, 3.63) is 12.0 Å². The summed E-state index contributed by atoms with van der Waals surface area (Å²) in [6, 6.07) is -0.0241. The molecule has 6 heteroatoms. The van der Waals surface area contributed by atoms with Gasteiger partial charge in [-0.05, 0) is 32.6 Å². The highest BCUT2D eigenvalue weighted by atomic mass is 32.2. The van der Waals surface area contributed by atoms with Crippen molar-refractivity contribution >= 4 is 10.0 Å². The maximum Gasteiger partial charge on any atom is 0.260 e. The Kier molecular flexibility index (Phi) is 3.77. The topological polar surface area (TPSA) is 66.1 Å². The molecule has 0 radical (unpaired) electrons. The summed E-state index contributed by atoms with van der Waals surface area (Å²) in [6.07, 6.45) is 4.42. The Labute approximate surface area is 109 Å². The summed E-state index contributed by atoms with van der Waals surface area (Å²) < 4.78 is 26.6. The summed E-state index contributed by atoms with van der Waals surface area (Å²) in [5.41, 5.74) is 0. The van der Waals surface area contributed by atoms with E-state index in [-0.39, 0.29) is 11.1 Å². The van der Waals surface area contributed by atoms with E-state index < -0.39 is 10.0 Å². The highest BCUT2D eigenvalue weighted by molar-refractivity contribution is 7.89. The van der Waals surface area contributed by atoms with Crippen LogP contribution in [0.4, 0.5) is 0 Å². The first-order chi connectivity index (χ1) is 8.45. The first-order valence-electron chi connectivity index (χ1n) is 6.51. The van der Waals surface area contributed by atoms with Crippen LogP contribution in [0.15, 0.2) is 11.2 Å². The minimum atomic E-state index is -3.43. The normalized spacial score (nSPS) is 16.7. The van der Waals surface area contributed by atoms with Gasteiger partial charge in [-0.1, -0.05) is 6.92 Å². The van der Waals surface area contributed by atoms with E-state index in [0.717, 1.165) is 12.8 Å². The van der Waals surface area contributed by atoms with Crippen LogP contribution in [-0.4, -0.2) is 35.3 Å². The average molecular weight is 271 g/mol. The van der Waals surface area contributed by atoms with E-state index in [1.54, 1.807) is 4.31 Å². The summed E-state index contributed by atoms with van der Waals surface area (Å²) in [5.74, 6) is 1.25. The van der Waals surface area contributed by atoms with Crippen LogP contribution < -0.4 is 0 Å². The Balaban J connectivity index is 2.25. The maximum atomic E-state index is 12.5. The van der Waals surface area contributed by atoms with Gasteiger partial charge in [-0.15, -0.1) is 0 Å². The number of nitrogens with one attached hydrogen (secondary N) is 1. The molecule has 1 aliphatic rings. The molecule has 1 aliphatic carbocycles. The smallest absolute Gasteiger partial charge is 0.260 e. The van der Waals surface area contributed by atoms with Gasteiger partial charge in [0.25, 0.3) is 10.0 Å². The predicted molar refractivity (Wildman–Crippen MR) is 69.7 cm³/mol. The zero-order chi connectivity index (χ0) is 13.3. The number of aromatic amines is 1. The molecule has 1 heterocycles. The molecule has 1 N–H and O–H groups in total. The minimum Gasteiger partial charge on any atom is -0.332 e. The predicted octanol–water partition coefficient (Wildman–Crippen LogP) is 1.78. The third-order valence-electron chi connectivity index (χ3n) is 3.24. The molecule has 0 amide bonds. The Morgan fingerprint density at radius 3 is 2.61 bits per heavy atom. The Morgan fingerprint density at radius 1 is 1.50 bits per heavy atom. The van der Waals surface area contributed by atoms with Gasteiger partial charge >= 0.3 is 0 Å². The van der Waals surface area contributed by atoms with E-state index in [9.17, 15) is 8.42 Å². The third-order valence-corrected chi connectivity index (χ3v) is 5.19. The van der Waals surface area contributed by atoms with Gasteiger partial charge in [0.05, 0.1) is 6.20 Å². The number of H-pyrrole nitrogens is 1. The average Bonchev–Trinajstić information content (AvgIpc) is 2.99. The van der Waals surface area contributed by atoms with Crippen LogP contribution in [0.1, 0.15) is 39.4 Å². The Hall–Kier alpha value is -0.880. The molecule has 1 fully saturated rings. The molecule has 0 bridgehead atoms. The number of nitrogens with zero attached hydrogens (tertiary/aromatic N) is 2. The SMILES string of the molecule is CCc1ncc(S(=O)(=O)N(CC2CC2)C(C)C)[nH]1. The molecule has 0 spiro atoms. The fourth-order valence-electron chi connectivity index (χ4n) is 1.92. The zero-order valence-electron chi connectivity index (χ0n) is 11.2. The highest BCUT2D eigenvalue weighted by Gasteiger charge is 2.34. The lowest BCUT2D eigenvalue weighted by molar-refractivity contribution is 0.340. The van der Waals surface area contributed by atoms with Crippen molar-refractivity contribution in [3.63, 3.8) is 0 Å². The van der Waals surface area contributed by atoms with Crippen LogP contribution in [0.2, 0.25) is 0 Å². The molecule has 1 aromatic heterocycles. The standard InChI is InChI=1S/C12H21N3O2S/c1-4-11-13-7-12(14-11)18(16,17)15(9(2)3)8-10-5-6-10/h7,9-10H,4-6,8H2,1-3H3,(H,13,14). The highest BCUT2D eigenvalue weighted by Crippen LogP contribution is 2.32. The van der Waals surface area contributed by atoms with Crippen molar-refractivity contribution in [2.75, 3.05) is 6.54 Å². The number of imidazole rings is 1. The molecule has 0 aliphatic heterocycles. The molecule has 0 saturated heterocycles. The van der Waals surface area contributed by atoms with Crippen molar-refractivity contribution in [1.82, 2.24) is 14.3 Å². The van der Waals surface area contributed by atoms with E-state index in [4.69, 9.17) is 0 Å². The van der Waals surface area contributed by atoms with Crippen LogP contribution in [0.25, 0.3) is 0 Å². The number of aromatic nitrogens is 2. The minimum absolute atomic E-state index is 0.0241. The van der Waals surface area contributed by atoms with Gasteiger partial charge in [-0.25, -0.2) is 13.4 Å². The zero-order valence-corrected chi connectivity index (χ0v) is 12.0. The maximum absolute atomic E-state index is 12.5. The summed E-state index contributed by atoms with van der Waals surface area (Å²) >= 11 is 0. The van der Waals surface area contributed by atoms with E-state index in [2.05, 4.69) is 9.97 Å². The molecule has 1 aromatic rings. The van der Waals surface area contributed by atoms with Gasteiger partial charge in [-0.2, -0.15) is 4.31 Å². The first kappa shape index (κ1) is 13.5. The number of hydrogen-bond acceptors (Lipinski definition) is 3. The summed E-state index contributed by atoms with van der Waals surface area (Å²) in [5, 5.41) is 0.216. The fourth-order valence-corrected chi connectivity index (χ4v) is 3.57. The second-order valence-corrected chi connectivity index (χ2v) is 7.02. The van der Waals surface area contributed by atoms with E-state index >= 15 is 0 Å². The van der Waals surface area contributed by atoms with Crippen molar-refractivity contribution in [3.8, 4) is 0 Å². The molecule has 0 aromatic carbocycles. The summed E-state index contributed by atoms with van der Waals surface area (Å²) in [6.45, 7) is 6.40. The molecule has 0 unspecified atom stereocenters. The van der Waals surface area contributed by atoms with Crippen molar-refractivity contribution in [2.24, 2.45) is 5.92 Å². The Bertz CT molecular complexity index is 503. The van der Waals surface area contributed by atoms with E-state index in [1.807, 2.05) is 20.8 Å². The molecule has 102 valence electrons. The monoisotopic (exact) mass is 271 g/mol. The third kappa shape index (κ3) is 2.75. The van der Waals surface area contributed by atoms with Crippen LogP contribution in [0.3, 0.4) is 0 Å². The summed E-state index contributed by atoms with van der Waals surface area (Å²) in [7, 11) is -3.43. The number of rotatable bonds is 6. The lowest BCUT2D eigenvalue weighted by Gasteiger charge is -2.24. The fraction of sp³-hybridized carbons (Fsp3) is 0.750. The second kappa shape index (κ2) is 5.01. The molecule has 18 heavy (non-hydrogen) atoms. The van der Waals surface area contributed by atoms with Gasteiger partial charge in [0, 0.05) is 19.0 Å². The molecular formula is C12H21N3O2S. The Morgan fingerprint density at radius 2 is 2.17 bits per heavy atom. The molecular weight excluding hydrogens is 250 g/mol. The first-order valence-corrected chi connectivity index (χ1v) is 7.95. The van der Waals surface area contributed by atoms with Gasteiger partial charge in [0.2, 0.25) is 0 Å². The quantitative estimate of drug-likeness (QED) is 0.857. The van der Waals surface area contributed by atoms with Crippen molar-refractivity contribution in [2.45, 2.75) is 51.1 Å². The number of aryl methyl sites for hydroxylation is 1. The number of hydrogen-bond donors (Lipinski definition) is 1. The van der Waals surface area contributed by atoms with Crippen LogP contribution in [0, 0.1) is 5.92 Å². The largest absolute Gasteiger partial charge is 0.332 e. The second-order valence-electron chi connectivity index (χ2n) is 5.16. The van der Waals surface area contributed by atoms with Crippen molar-refractivity contribution < 1.29 is 8.42 Å². The van der Waals surface area contributed by atoms with Crippen LogP contribution in [0.5, 0.6) is 0 Å². The lowest BCUT2D eigenvalue weighted by Crippen LogP contribution is -2.38. The molecule has 0 atom stereocenters. The summed E-state index contributed by atoms with van der Waals surface area (Å²) in [4.78, 5) is 6.97. The lowest BCUT2D eigenvalue weighted by atomic mass is 10.3. The van der Waals surface area contributed by atoms with Gasteiger partial charge in [0.15, 0.2) is 5.03 Å².